The zero-order valence-corrected chi connectivity index (χ0v) is 15.7. The van der Waals surface area contributed by atoms with E-state index in [2.05, 4.69) is 16.5 Å². The Morgan fingerprint density at radius 1 is 1.03 bits per heavy atom. The summed E-state index contributed by atoms with van der Waals surface area (Å²) in [5.74, 6) is 0.345. The zero-order chi connectivity index (χ0) is 20.0. The first-order valence-corrected chi connectivity index (χ1v) is 9.77. The number of anilines is 1. The lowest BCUT2D eigenvalue weighted by Gasteiger charge is -2.31. The molecule has 0 saturated carbocycles. The number of fused-ring (bicyclic) bond motifs is 3. The minimum absolute atomic E-state index is 0.0375. The Bertz CT molecular complexity index is 1090. The van der Waals surface area contributed by atoms with Gasteiger partial charge < -0.3 is 10.1 Å². The van der Waals surface area contributed by atoms with E-state index < -0.39 is 0 Å². The number of aryl methyl sites for hydroxylation is 1. The van der Waals surface area contributed by atoms with E-state index in [0.29, 0.717) is 17.2 Å². The number of rotatable bonds is 2. The van der Waals surface area contributed by atoms with Crippen LogP contribution in [0.1, 0.15) is 40.8 Å². The number of nitrogens with one attached hydrogen (secondary N) is 1. The highest BCUT2D eigenvalue weighted by atomic mass is 19.1. The minimum Gasteiger partial charge on any atom is -0.508 e. The molecule has 0 spiro atoms. The van der Waals surface area contributed by atoms with Crippen LogP contribution >= 0.6 is 0 Å². The SMILES string of the molecule is N#Cc1ccc(N2NC3c4ccc(O)cc4CC[C@H]3[C@@H]2c2ccc(F)cc2)cc1. The Balaban J connectivity index is 1.59. The van der Waals surface area contributed by atoms with Gasteiger partial charge in [-0.3, -0.25) is 0 Å². The lowest BCUT2D eigenvalue weighted by Crippen LogP contribution is -2.34. The van der Waals surface area contributed by atoms with Crippen molar-refractivity contribution < 1.29 is 9.50 Å². The normalized spacial score (nSPS) is 22.6. The van der Waals surface area contributed by atoms with Crippen molar-refractivity contribution in [3.05, 3.63) is 94.8 Å². The molecule has 29 heavy (non-hydrogen) atoms. The van der Waals surface area contributed by atoms with Crippen LogP contribution in [0.4, 0.5) is 10.1 Å². The van der Waals surface area contributed by atoms with Crippen LogP contribution in [0.5, 0.6) is 5.75 Å². The van der Waals surface area contributed by atoms with Crippen molar-refractivity contribution in [2.24, 2.45) is 5.92 Å². The Kier molecular flexibility index (Phi) is 4.22. The van der Waals surface area contributed by atoms with Crippen LogP contribution in [0, 0.1) is 23.1 Å². The van der Waals surface area contributed by atoms with Crippen LogP contribution in [-0.2, 0) is 6.42 Å². The number of nitrogens with zero attached hydrogens (tertiary/aromatic N) is 2. The lowest BCUT2D eigenvalue weighted by atomic mass is 9.76. The fourth-order valence-corrected chi connectivity index (χ4v) is 4.75. The molecule has 5 heteroatoms. The van der Waals surface area contributed by atoms with Crippen molar-refractivity contribution in [1.29, 1.82) is 5.26 Å². The number of hydrogen-bond donors (Lipinski definition) is 2. The fourth-order valence-electron chi connectivity index (χ4n) is 4.75. The molecule has 2 aliphatic rings. The molecule has 1 aliphatic carbocycles. The van der Waals surface area contributed by atoms with Crippen molar-refractivity contribution in [3.63, 3.8) is 0 Å². The molecule has 0 aromatic heterocycles. The summed E-state index contributed by atoms with van der Waals surface area (Å²) in [5, 5.41) is 21.1. The van der Waals surface area contributed by atoms with Gasteiger partial charge in [0.05, 0.1) is 29.4 Å². The predicted octanol–water partition coefficient (Wildman–Crippen LogP) is 4.77. The number of halogens is 1. The molecule has 0 radical (unpaired) electrons. The summed E-state index contributed by atoms with van der Waals surface area (Å²) in [5.41, 5.74) is 8.66. The molecule has 3 aromatic rings. The van der Waals surface area contributed by atoms with Crippen LogP contribution < -0.4 is 10.4 Å². The van der Waals surface area contributed by atoms with Gasteiger partial charge in [0.1, 0.15) is 11.6 Å². The average Bonchev–Trinajstić information content (AvgIpc) is 3.14. The third kappa shape index (κ3) is 3.02. The second-order valence-corrected chi connectivity index (χ2v) is 7.72. The van der Waals surface area contributed by atoms with Gasteiger partial charge in [-0.15, -0.1) is 0 Å². The summed E-state index contributed by atoms with van der Waals surface area (Å²) >= 11 is 0. The van der Waals surface area contributed by atoms with E-state index in [1.165, 1.54) is 23.3 Å². The number of nitriles is 1. The number of aromatic hydroxyl groups is 1. The Morgan fingerprint density at radius 3 is 2.52 bits per heavy atom. The van der Waals surface area contributed by atoms with Gasteiger partial charge in [0, 0.05) is 5.92 Å². The number of benzene rings is 3. The summed E-state index contributed by atoms with van der Waals surface area (Å²) in [7, 11) is 0. The summed E-state index contributed by atoms with van der Waals surface area (Å²) in [6, 6.07) is 22.1. The summed E-state index contributed by atoms with van der Waals surface area (Å²) in [4.78, 5) is 0. The van der Waals surface area contributed by atoms with Crippen LogP contribution in [0.15, 0.2) is 66.7 Å². The molecule has 3 atom stereocenters. The van der Waals surface area contributed by atoms with Crippen molar-refractivity contribution >= 4 is 5.69 Å². The molecule has 5 rings (SSSR count). The van der Waals surface area contributed by atoms with E-state index in [9.17, 15) is 9.50 Å². The van der Waals surface area contributed by atoms with Crippen LogP contribution in [0.2, 0.25) is 0 Å². The molecule has 0 amide bonds. The minimum atomic E-state index is -0.245. The monoisotopic (exact) mass is 385 g/mol. The smallest absolute Gasteiger partial charge is 0.123 e. The third-order valence-electron chi connectivity index (χ3n) is 6.08. The fraction of sp³-hybridized carbons (Fsp3) is 0.208. The summed E-state index contributed by atoms with van der Waals surface area (Å²) in [6.07, 6.45) is 1.86. The molecule has 2 N–H and O–H groups in total. The van der Waals surface area contributed by atoms with Gasteiger partial charge in [-0.25, -0.2) is 9.82 Å². The first-order chi connectivity index (χ1) is 14.1. The van der Waals surface area contributed by atoms with Gasteiger partial charge in [0.2, 0.25) is 0 Å². The standard InChI is InChI=1S/C24H20FN3O/c25-18-6-3-16(4-7-18)24-22-11-5-17-13-20(29)10-12-21(17)23(22)27-28(24)19-8-1-15(14-26)2-9-19/h1-4,6-10,12-13,22-24,27,29H,5,11H2/t22-,23?,24+/m1/s1. The van der Waals surface area contributed by atoms with Gasteiger partial charge in [0.25, 0.3) is 0 Å². The summed E-state index contributed by atoms with van der Waals surface area (Å²) < 4.78 is 13.6. The Morgan fingerprint density at radius 2 is 1.79 bits per heavy atom. The molecule has 1 fully saturated rings. The van der Waals surface area contributed by atoms with Gasteiger partial charge >= 0.3 is 0 Å². The van der Waals surface area contributed by atoms with E-state index >= 15 is 0 Å². The quantitative estimate of drug-likeness (QED) is 0.667. The number of phenolic OH excluding ortho intramolecular Hbond substituents is 1. The van der Waals surface area contributed by atoms with Gasteiger partial charge in [-0.1, -0.05) is 18.2 Å². The first-order valence-electron chi connectivity index (χ1n) is 9.77. The zero-order valence-electron chi connectivity index (χ0n) is 15.7. The molecular weight excluding hydrogens is 365 g/mol. The first kappa shape index (κ1) is 17.7. The second kappa shape index (κ2) is 6.91. The Hall–Kier alpha value is -3.36. The van der Waals surface area contributed by atoms with E-state index in [-0.39, 0.29) is 17.9 Å². The second-order valence-electron chi connectivity index (χ2n) is 7.72. The van der Waals surface area contributed by atoms with E-state index in [4.69, 9.17) is 5.26 Å². The topological polar surface area (TPSA) is 59.3 Å². The van der Waals surface area contributed by atoms with Crippen molar-refractivity contribution in [2.75, 3.05) is 5.01 Å². The Labute approximate surface area is 168 Å². The number of hydrazine groups is 1. The molecular formula is C24H20FN3O. The van der Waals surface area contributed by atoms with Gasteiger partial charge in [-0.2, -0.15) is 5.26 Å². The highest BCUT2D eigenvalue weighted by Crippen LogP contribution is 2.50. The van der Waals surface area contributed by atoms with E-state index in [1.54, 1.807) is 6.07 Å². The predicted molar refractivity (Wildman–Crippen MR) is 109 cm³/mol. The molecule has 1 unspecified atom stereocenters. The van der Waals surface area contributed by atoms with Crippen LogP contribution in [0.25, 0.3) is 0 Å². The molecule has 0 bridgehead atoms. The third-order valence-corrected chi connectivity index (χ3v) is 6.08. The highest BCUT2D eigenvalue weighted by molar-refractivity contribution is 5.54. The number of hydrogen-bond acceptors (Lipinski definition) is 4. The van der Waals surface area contributed by atoms with Crippen molar-refractivity contribution in [1.82, 2.24) is 5.43 Å². The largest absolute Gasteiger partial charge is 0.508 e. The number of phenols is 1. The van der Waals surface area contributed by atoms with Crippen LogP contribution in [0.3, 0.4) is 0 Å². The van der Waals surface area contributed by atoms with Gasteiger partial charge in [0.15, 0.2) is 0 Å². The molecule has 3 aromatic carbocycles. The lowest BCUT2D eigenvalue weighted by molar-refractivity contribution is 0.375. The van der Waals surface area contributed by atoms with Gasteiger partial charge in [-0.05, 0) is 78.1 Å². The van der Waals surface area contributed by atoms with E-state index in [1.807, 2.05) is 48.5 Å². The molecule has 1 aliphatic heterocycles. The summed E-state index contributed by atoms with van der Waals surface area (Å²) in [6.45, 7) is 0. The van der Waals surface area contributed by atoms with Crippen LogP contribution in [-0.4, -0.2) is 5.11 Å². The van der Waals surface area contributed by atoms with E-state index in [0.717, 1.165) is 24.1 Å². The molecule has 1 heterocycles. The van der Waals surface area contributed by atoms with Crippen molar-refractivity contribution in [3.8, 4) is 11.8 Å². The molecule has 144 valence electrons. The molecule has 1 saturated heterocycles. The maximum absolute atomic E-state index is 13.6. The molecule has 4 nitrogen and oxygen atoms in total. The van der Waals surface area contributed by atoms with Crippen molar-refractivity contribution in [2.45, 2.75) is 24.9 Å². The highest BCUT2D eigenvalue weighted by Gasteiger charge is 2.45. The maximum atomic E-state index is 13.6. The average molecular weight is 385 g/mol. The maximum Gasteiger partial charge on any atom is 0.123 e.